The average molecular weight is 299 g/mol. The van der Waals surface area contributed by atoms with Gasteiger partial charge in [-0.1, -0.05) is 58.8 Å². The van der Waals surface area contributed by atoms with Crippen LogP contribution < -0.4 is 0 Å². The van der Waals surface area contributed by atoms with Crippen molar-refractivity contribution in [1.82, 2.24) is 0 Å². The Balaban J connectivity index is 2.40. The summed E-state index contributed by atoms with van der Waals surface area (Å²) in [6.07, 6.45) is 13.7. The highest BCUT2D eigenvalue weighted by atomic mass is 16.6. The van der Waals surface area contributed by atoms with E-state index in [9.17, 15) is 0 Å². The van der Waals surface area contributed by atoms with Gasteiger partial charge in [-0.05, 0) is 39.0 Å². The fourth-order valence-corrected chi connectivity index (χ4v) is 3.59. The molecule has 0 aromatic heterocycles. The lowest BCUT2D eigenvalue weighted by Crippen LogP contribution is -2.38. The van der Waals surface area contributed by atoms with Gasteiger partial charge in [-0.2, -0.15) is 0 Å². The number of hydrogen-bond acceptors (Lipinski definition) is 2. The van der Waals surface area contributed by atoms with Gasteiger partial charge in [0, 0.05) is 6.61 Å². The molecule has 1 heterocycles. The molecule has 2 heteroatoms. The Morgan fingerprint density at radius 1 is 1.05 bits per heavy atom. The predicted octanol–water partition coefficient (Wildman–Crippen LogP) is 5.74. The summed E-state index contributed by atoms with van der Waals surface area (Å²) in [4.78, 5) is 0. The van der Waals surface area contributed by atoms with Gasteiger partial charge >= 0.3 is 0 Å². The number of rotatable bonds is 14. The molecule has 0 spiro atoms. The van der Waals surface area contributed by atoms with E-state index in [1.165, 1.54) is 64.2 Å². The molecule has 0 saturated carbocycles. The molecular formula is C19H38O2. The number of unbranched alkanes of at least 4 members (excludes halogenated alkanes) is 5. The van der Waals surface area contributed by atoms with Gasteiger partial charge in [0.1, 0.15) is 0 Å². The van der Waals surface area contributed by atoms with E-state index >= 15 is 0 Å². The first-order valence-electron chi connectivity index (χ1n) is 9.41. The molecule has 1 rings (SSSR count). The zero-order chi connectivity index (χ0) is 15.6. The zero-order valence-electron chi connectivity index (χ0n) is 15.0. The molecule has 3 unspecified atom stereocenters. The van der Waals surface area contributed by atoms with Crippen LogP contribution >= 0.6 is 0 Å². The molecule has 1 saturated heterocycles. The highest BCUT2D eigenvalue weighted by Gasteiger charge is 2.38. The maximum absolute atomic E-state index is 6.20. The quantitative estimate of drug-likeness (QED) is 0.301. The van der Waals surface area contributed by atoms with Crippen molar-refractivity contribution in [3.63, 3.8) is 0 Å². The lowest BCUT2D eigenvalue weighted by atomic mass is 9.78. The van der Waals surface area contributed by atoms with Gasteiger partial charge in [0.25, 0.3) is 0 Å². The minimum atomic E-state index is 0.0544. The summed E-state index contributed by atoms with van der Waals surface area (Å²) in [6.45, 7) is 10.8. The van der Waals surface area contributed by atoms with Crippen LogP contribution in [0.1, 0.15) is 91.9 Å². The lowest BCUT2D eigenvalue weighted by molar-refractivity contribution is -0.0816. The fourth-order valence-electron chi connectivity index (χ4n) is 3.59. The third kappa shape index (κ3) is 7.65. The van der Waals surface area contributed by atoms with E-state index < -0.39 is 0 Å². The standard InChI is InChI=1S/C19H38O2/c1-5-8-9-10-11-12-13-17(15-18-16-20-18)19(4,14-6-2)21-7-3/h17-18H,5-16H2,1-4H3. The molecule has 0 N–H and O–H groups in total. The van der Waals surface area contributed by atoms with Crippen molar-refractivity contribution in [3.05, 3.63) is 0 Å². The summed E-state index contributed by atoms with van der Waals surface area (Å²) in [7, 11) is 0. The third-order valence-corrected chi connectivity index (χ3v) is 4.94. The molecular weight excluding hydrogens is 260 g/mol. The van der Waals surface area contributed by atoms with Crippen molar-refractivity contribution >= 4 is 0 Å². The summed E-state index contributed by atoms with van der Waals surface area (Å²) in [6, 6.07) is 0. The summed E-state index contributed by atoms with van der Waals surface area (Å²) in [5, 5.41) is 0. The van der Waals surface area contributed by atoms with Crippen molar-refractivity contribution < 1.29 is 9.47 Å². The fraction of sp³-hybridized carbons (Fsp3) is 1.00. The first-order valence-corrected chi connectivity index (χ1v) is 9.41. The lowest BCUT2D eigenvalue weighted by Gasteiger charge is -2.38. The van der Waals surface area contributed by atoms with Crippen LogP contribution in [-0.4, -0.2) is 24.9 Å². The first kappa shape index (κ1) is 19.0. The van der Waals surface area contributed by atoms with Gasteiger partial charge in [0.15, 0.2) is 0 Å². The van der Waals surface area contributed by atoms with Gasteiger partial charge in [-0.15, -0.1) is 0 Å². The molecule has 0 aromatic carbocycles. The molecule has 1 aliphatic rings. The summed E-state index contributed by atoms with van der Waals surface area (Å²) < 4.78 is 11.7. The SMILES string of the molecule is CCCCCCCCC(CC1CO1)C(C)(CCC)OCC. The maximum Gasteiger partial charge on any atom is 0.0813 e. The number of epoxide rings is 1. The molecule has 0 aliphatic carbocycles. The minimum Gasteiger partial charge on any atom is -0.375 e. The molecule has 0 amide bonds. The molecule has 2 nitrogen and oxygen atoms in total. The normalized spacial score (nSPS) is 22.0. The van der Waals surface area contributed by atoms with Crippen LogP contribution in [0, 0.1) is 5.92 Å². The Hall–Kier alpha value is -0.0800. The predicted molar refractivity (Wildman–Crippen MR) is 90.8 cm³/mol. The largest absolute Gasteiger partial charge is 0.375 e. The maximum atomic E-state index is 6.20. The van der Waals surface area contributed by atoms with Crippen LogP contribution in [0.4, 0.5) is 0 Å². The monoisotopic (exact) mass is 298 g/mol. The Labute approximate surface area is 133 Å². The molecule has 0 aromatic rings. The molecule has 3 atom stereocenters. The smallest absolute Gasteiger partial charge is 0.0813 e. The highest BCUT2D eigenvalue weighted by Crippen LogP contribution is 2.37. The summed E-state index contributed by atoms with van der Waals surface area (Å²) in [5.41, 5.74) is 0.0544. The van der Waals surface area contributed by atoms with Crippen molar-refractivity contribution in [2.24, 2.45) is 5.92 Å². The van der Waals surface area contributed by atoms with Crippen LogP contribution in [0.15, 0.2) is 0 Å². The van der Waals surface area contributed by atoms with Crippen LogP contribution in [0.5, 0.6) is 0 Å². The van der Waals surface area contributed by atoms with Crippen LogP contribution in [-0.2, 0) is 9.47 Å². The third-order valence-electron chi connectivity index (χ3n) is 4.94. The summed E-state index contributed by atoms with van der Waals surface area (Å²) >= 11 is 0. The minimum absolute atomic E-state index is 0.0544. The van der Waals surface area contributed by atoms with E-state index in [1.54, 1.807) is 0 Å². The van der Waals surface area contributed by atoms with E-state index in [2.05, 4.69) is 27.7 Å². The second kappa shape index (κ2) is 10.6. The number of ether oxygens (including phenoxy) is 2. The van der Waals surface area contributed by atoms with E-state index in [4.69, 9.17) is 9.47 Å². The van der Waals surface area contributed by atoms with E-state index in [0.29, 0.717) is 12.0 Å². The highest BCUT2D eigenvalue weighted by molar-refractivity contribution is 4.88. The zero-order valence-corrected chi connectivity index (χ0v) is 15.0. The Bertz CT molecular complexity index is 242. The molecule has 1 aliphatic heterocycles. The van der Waals surface area contributed by atoms with E-state index in [1.807, 2.05) is 0 Å². The van der Waals surface area contributed by atoms with Crippen LogP contribution in [0.2, 0.25) is 0 Å². The molecule has 1 fully saturated rings. The van der Waals surface area contributed by atoms with Gasteiger partial charge in [0.05, 0.1) is 18.3 Å². The summed E-state index contributed by atoms with van der Waals surface area (Å²) in [5.74, 6) is 0.663. The van der Waals surface area contributed by atoms with Gasteiger partial charge < -0.3 is 9.47 Å². The van der Waals surface area contributed by atoms with E-state index in [-0.39, 0.29) is 5.60 Å². The van der Waals surface area contributed by atoms with Crippen LogP contribution in [0.3, 0.4) is 0 Å². The topological polar surface area (TPSA) is 21.8 Å². The Morgan fingerprint density at radius 2 is 1.71 bits per heavy atom. The Morgan fingerprint density at radius 3 is 2.29 bits per heavy atom. The number of hydrogen-bond donors (Lipinski definition) is 0. The molecule has 0 bridgehead atoms. The molecule has 0 radical (unpaired) electrons. The van der Waals surface area contributed by atoms with E-state index in [0.717, 1.165) is 13.2 Å². The average Bonchev–Trinajstić information content (AvgIpc) is 3.26. The second-order valence-electron chi connectivity index (χ2n) is 6.94. The van der Waals surface area contributed by atoms with Crippen molar-refractivity contribution in [3.8, 4) is 0 Å². The molecule has 126 valence electrons. The first-order chi connectivity index (χ1) is 10.2. The molecule has 21 heavy (non-hydrogen) atoms. The van der Waals surface area contributed by atoms with Crippen molar-refractivity contribution in [2.45, 2.75) is 104 Å². The van der Waals surface area contributed by atoms with Gasteiger partial charge in [-0.25, -0.2) is 0 Å². The van der Waals surface area contributed by atoms with Crippen LogP contribution in [0.25, 0.3) is 0 Å². The van der Waals surface area contributed by atoms with Gasteiger partial charge in [0.2, 0.25) is 0 Å². The van der Waals surface area contributed by atoms with Crippen molar-refractivity contribution in [2.75, 3.05) is 13.2 Å². The van der Waals surface area contributed by atoms with Gasteiger partial charge in [-0.3, -0.25) is 0 Å². The van der Waals surface area contributed by atoms with Crippen molar-refractivity contribution in [1.29, 1.82) is 0 Å². The Kier molecular flexibility index (Phi) is 9.59. The second-order valence-corrected chi connectivity index (χ2v) is 6.94.